The fourth-order valence-corrected chi connectivity index (χ4v) is 7.42. The Kier molecular flexibility index (Phi) is 20.3. The van der Waals surface area contributed by atoms with Gasteiger partial charge in [-0.15, -0.1) is 0 Å². The first-order valence-electron chi connectivity index (χ1n) is 13.1. The van der Waals surface area contributed by atoms with Gasteiger partial charge in [0.05, 0.1) is 33.0 Å². The molecular formula is C27H48O5Sn. The molecule has 2 rings (SSSR count). The van der Waals surface area contributed by atoms with Crippen molar-refractivity contribution in [2.45, 2.75) is 94.5 Å². The van der Waals surface area contributed by atoms with Crippen molar-refractivity contribution in [2.24, 2.45) is 0 Å². The maximum absolute atomic E-state index is 5.75. The Morgan fingerprint density at radius 1 is 0.667 bits per heavy atom. The Morgan fingerprint density at radius 2 is 1.21 bits per heavy atom. The van der Waals surface area contributed by atoms with Gasteiger partial charge in [0.1, 0.15) is 0 Å². The van der Waals surface area contributed by atoms with Crippen molar-refractivity contribution in [3.63, 3.8) is 0 Å². The average Bonchev–Trinajstić information content (AvgIpc) is 3.28. The van der Waals surface area contributed by atoms with E-state index in [1.165, 1.54) is 36.8 Å². The summed E-state index contributed by atoms with van der Waals surface area (Å²) in [6.45, 7) is 13.1. The van der Waals surface area contributed by atoms with Crippen LogP contribution in [0, 0.1) is 0 Å². The molecule has 0 saturated heterocycles. The van der Waals surface area contributed by atoms with E-state index < -0.39 is 0 Å². The fraction of sp³-hybridized carbons (Fsp3) is 0.778. The van der Waals surface area contributed by atoms with Crippen LogP contribution in [0.1, 0.15) is 83.8 Å². The van der Waals surface area contributed by atoms with E-state index in [0.717, 1.165) is 43.8 Å². The molecule has 1 aliphatic heterocycles. The number of rotatable bonds is 19. The van der Waals surface area contributed by atoms with Crippen LogP contribution < -0.4 is 9.47 Å². The summed E-state index contributed by atoms with van der Waals surface area (Å²) in [7, 11) is 0. The van der Waals surface area contributed by atoms with Gasteiger partial charge in [-0.1, -0.05) is 26.7 Å². The molecule has 0 atom stereocenters. The van der Waals surface area contributed by atoms with Gasteiger partial charge in [-0.3, -0.25) is 0 Å². The third-order valence-electron chi connectivity index (χ3n) is 5.27. The van der Waals surface area contributed by atoms with E-state index in [-0.39, 0.29) is 21.1 Å². The Bertz CT molecular complexity index is 576. The van der Waals surface area contributed by atoms with Crippen LogP contribution in [0.3, 0.4) is 0 Å². The molecule has 190 valence electrons. The first-order valence-corrected chi connectivity index (χ1v) is 17.2. The molecule has 0 amide bonds. The molecule has 1 aliphatic rings. The summed E-state index contributed by atoms with van der Waals surface area (Å²) in [5, 5.41) is 0. The molecule has 0 aromatic heterocycles. The number of hydrogen-bond acceptors (Lipinski definition) is 5. The maximum atomic E-state index is 5.75. The minimum atomic E-state index is 0.149. The van der Waals surface area contributed by atoms with E-state index in [2.05, 4.69) is 33.8 Å². The predicted molar refractivity (Wildman–Crippen MR) is 138 cm³/mol. The van der Waals surface area contributed by atoms with Crippen molar-refractivity contribution < 1.29 is 23.7 Å². The van der Waals surface area contributed by atoms with E-state index >= 15 is 0 Å². The molecule has 0 spiro atoms. The average molecular weight is 571 g/mol. The van der Waals surface area contributed by atoms with Crippen LogP contribution in [0.25, 0.3) is 0 Å². The van der Waals surface area contributed by atoms with Crippen molar-refractivity contribution in [3.05, 3.63) is 23.3 Å². The molecule has 0 N–H and O–H groups in total. The van der Waals surface area contributed by atoms with Crippen molar-refractivity contribution in [3.8, 4) is 11.5 Å². The molecule has 1 aromatic rings. The Morgan fingerprint density at radius 3 is 1.79 bits per heavy atom. The zero-order valence-corrected chi connectivity index (χ0v) is 24.6. The Balaban J connectivity index is 0.000000513. The van der Waals surface area contributed by atoms with Gasteiger partial charge in [-0.25, -0.2) is 0 Å². The van der Waals surface area contributed by atoms with Crippen LogP contribution in [-0.4, -0.2) is 61.0 Å². The van der Waals surface area contributed by atoms with Crippen molar-refractivity contribution in [1.82, 2.24) is 0 Å². The topological polar surface area (TPSA) is 46.2 Å². The number of aryl methyl sites for hydroxylation is 1. The zero-order valence-electron chi connectivity index (χ0n) is 21.7. The van der Waals surface area contributed by atoms with Crippen LogP contribution in [0.15, 0.2) is 12.1 Å². The van der Waals surface area contributed by atoms with Gasteiger partial charge in [-0.2, -0.15) is 0 Å². The molecular weight excluding hydrogens is 523 g/mol. The predicted octanol–water partition coefficient (Wildman–Crippen LogP) is 6.85. The van der Waals surface area contributed by atoms with Gasteiger partial charge in [0.15, 0.2) is 11.5 Å². The molecule has 6 heteroatoms. The molecule has 0 bridgehead atoms. The minimum absolute atomic E-state index is 0.149. The van der Waals surface area contributed by atoms with Crippen LogP contribution in [-0.2, 0) is 27.2 Å². The fourth-order valence-electron chi connectivity index (χ4n) is 3.26. The molecule has 0 fully saturated rings. The van der Waals surface area contributed by atoms with Crippen molar-refractivity contribution >= 4 is 21.1 Å². The summed E-state index contributed by atoms with van der Waals surface area (Å²) in [6, 6.07) is 4.12. The monoisotopic (exact) mass is 572 g/mol. The number of ether oxygens (including phenoxy) is 5. The molecule has 0 aliphatic carbocycles. The summed E-state index contributed by atoms with van der Waals surface area (Å²) in [5.41, 5.74) is 2.44. The zero-order chi connectivity index (χ0) is 24.0. The van der Waals surface area contributed by atoms with Gasteiger partial charge in [0.2, 0.25) is 6.79 Å². The normalized spacial score (nSPS) is 12.0. The van der Waals surface area contributed by atoms with E-state index in [0.29, 0.717) is 39.8 Å². The summed E-state index contributed by atoms with van der Waals surface area (Å²) in [5.74, 6) is 1.66. The van der Waals surface area contributed by atoms with Crippen LogP contribution in [0.4, 0.5) is 0 Å². The van der Waals surface area contributed by atoms with Crippen LogP contribution >= 0.6 is 0 Å². The van der Waals surface area contributed by atoms with Gasteiger partial charge in [0, 0.05) is 6.61 Å². The molecule has 33 heavy (non-hydrogen) atoms. The van der Waals surface area contributed by atoms with Gasteiger partial charge in [-0.05, 0) is 36.1 Å². The summed E-state index contributed by atoms with van der Waals surface area (Å²) < 4.78 is 30.9. The standard InChI is InChI=1S/C19H30O5.2C4H9.Sn/c1-3-5-7-20-8-9-21-10-11-22-14-17-13-19-18(23-15-24-19)12-16(17)6-4-2;2*1-3-4-2;/h12-13H,3-11,14-15H2,1-2H3;2*1,3-4H2,2H3;. The molecule has 1 aromatic carbocycles. The molecule has 2 radical (unpaired) electrons. The third kappa shape index (κ3) is 15.2. The number of fused-ring (bicyclic) bond motifs is 1. The third-order valence-corrected chi connectivity index (χ3v) is 9.31. The molecule has 5 nitrogen and oxygen atoms in total. The van der Waals surface area contributed by atoms with E-state index in [9.17, 15) is 0 Å². The van der Waals surface area contributed by atoms with E-state index in [1.54, 1.807) is 8.87 Å². The van der Waals surface area contributed by atoms with Crippen LogP contribution in [0.5, 0.6) is 11.5 Å². The van der Waals surface area contributed by atoms with Gasteiger partial charge < -0.3 is 23.7 Å². The summed E-state index contributed by atoms with van der Waals surface area (Å²) in [4.78, 5) is 0. The first-order chi connectivity index (χ1) is 16.3. The van der Waals surface area contributed by atoms with E-state index in [4.69, 9.17) is 23.7 Å². The van der Waals surface area contributed by atoms with Crippen molar-refractivity contribution in [1.29, 1.82) is 0 Å². The molecule has 1 heterocycles. The SMILES string of the molecule is CCCCOCCOCCOCc1cc2c(cc1CCC)OCO2.CCC[CH2][Sn][CH2]CCC. The first kappa shape index (κ1) is 30.5. The quantitative estimate of drug-likeness (QED) is 0.134. The van der Waals surface area contributed by atoms with Gasteiger partial charge in [0.25, 0.3) is 0 Å². The summed E-state index contributed by atoms with van der Waals surface area (Å²) >= 11 is 0.149. The number of unbranched alkanes of at least 4 members (excludes halogenated alkanes) is 3. The Labute approximate surface area is 213 Å². The Hall–Kier alpha value is -0.501. The molecule has 0 saturated carbocycles. The molecule has 0 unspecified atom stereocenters. The van der Waals surface area contributed by atoms with Crippen LogP contribution in [0.2, 0.25) is 8.87 Å². The second kappa shape index (κ2) is 22.0. The van der Waals surface area contributed by atoms with Gasteiger partial charge >= 0.3 is 69.5 Å². The van der Waals surface area contributed by atoms with E-state index in [1.807, 2.05) is 6.07 Å². The second-order valence-corrected chi connectivity index (χ2v) is 12.6. The number of benzene rings is 1. The van der Waals surface area contributed by atoms with Crippen molar-refractivity contribution in [2.75, 3.05) is 39.8 Å². The summed E-state index contributed by atoms with van der Waals surface area (Å²) in [6.07, 6.45) is 10.2. The second-order valence-electron chi connectivity index (χ2n) is 8.31. The number of hydrogen-bond donors (Lipinski definition) is 0.